The molecule has 0 bridgehead atoms. The molecule has 0 radical (unpaired) electrons. The van der Waals surface area contributed by atoms with Crippen molar-refractivity contribution in [2.24, 2.45) is 5.73 Å². The molecule has 2 rings (SSSR count). The minimum absolute atomic E-state index is 0.0319. The number of ether oxygens (including phenoxy) is 1. The van der Waals surface area contributed by atoms with Crippen LogP contribution in [0.4, 0.5) is 0 Å². The second-order valence-electron chi connectivity index (χ2n) is 4.45. The lowest BCUT2D eigenvalue weighted by molar-refractivity contribution is -0.134. The van der Waals surface area contributed by atoms with Gasteiger partial charge in [-0.1, -0.05) is 0 Å². The van der Waals surface area contributed by atoms with Crippen molar-refractivity contribution in [3.8, 4) is 0 Å². The quantitative estimate of drug-likeness (QED) is 0.592. The molecule has 2 saturated heterocycles. The average molecular weight is 214 g/mol. The molecule has 0 aliphatic carbocycles. The van der Waals surface area contributed by atoms with E-state index in [9.17, 15) is 9.90 Å². The van der Waals surface area contributed by atoms with Gasteiger partial charge in [-0.15, -0.1) is 0 Å². The number of nitrogens with zero attached hydrogens (tertiary/aromatic N) is 1. The lowest BCUT2D eigenvalue weighted by Crippen LogP contribution is -2.45. The van der Waals surface area contributed by atoms with Gasteiger partial charge in [0.15, 0.2) is 0 Å². The maximum Gasteiger partial charge on any atom is 0.236 e. The van der Waals surface area contributed by atoms with Crippen LogP contribution < -0.4 is 5.73 Å². The molecule has 2 heterocycles. The molecule has 0 unspecified atom stereocenters. The number of rotatable bonds is 1. The summed E-state index contributed by atoms with van der Waals surface area (Å²) in [6.45, 7) is 1.92. The monoisotopic (exact) mass is 214 g/mol. The molecule has 15 heavy (non-hydrogen) atoms. The fraction of sp³-hybridized carbons (Fsp3) is 0.900. The van der Waals surface area contributed by atoms with Crippen LogP contribution in [0.3, 0.4) is 0 Å². The summed E-state index contributed by atoms with van der Waals surface area (Å²) >= 11 is 0. The number of hydrogen-bond acceptors (Lipinski definition) is 4. The van der Waals surface area contributed by atoms with Crippen molar-refractivity contribution in [1.29, 1.82) is 0 Å². The lowest BCUT2D eigenvalue weighted by atomic mass is 9.91. The maximum absolute atomic E-state index is 11.4. The van der Waals surface area contributed by atoms with Crippen molar-refractivity contribution >= 4 is 5.91 Å². The van der Waals surface area contributed by atoms with Crippen LogP contribution in [0.25, 0.3) is 0 Å². The Labute approximate surface area is 89.2 Å². The van der Waals surface area contributed by atoms with Crippen LogP contribution in [0, 0.1) is 0 Å². The van der Waals surface area contributed by atoms with Crippen molar-refractivity contribution in [2.75, 3.05) is 26.2 Å². The van der Waals surface area contributed by atoms with E-state index in [4.69, 9.17) is 10.5 Å². The highest BCUT2D eigenvalue weighted by atomic mass is 16.5. The summed E-state index contributed by atoms with van der Waals surface area (Å²) in [5, 5.41) is 9.61. The van der Waals surface area contributed by atoms with Crippen molar-refractivity contribution in [1.82, 2.24) is 4.90 Å². The molecule has 3 N–H and O–H groups in total. The van der Waals surface area contributed by atoms with E-state index in [0.29, 0.717) is 32.5 Å². The zero-order valence-corrected chi connectivity index (χ0v) is 8.82. The Hall–Kier alpha value is -0.650. The molecule has 0 aromatic carbocycles. The van der Waals surface area contributed by atoms with E-state index < -0.39 is 0 Å². The summed E-state index contributed by atoms with van der Waals surface area (Å²) in [7, 11) is 0. The van der Waals surface area contributed by atoms with Crippen LogP contribution in [0.5, 0.6) is 0 Å². The van der Waals surface area contributed by atoms with Crippen LogP contribution in [-0.2, 0) is 9.53 Å². The van der Waals surface area contributed by atoms with E-state index in [0.717, 1.165) is 6.42 Å². The zero-order chi connectivity index (χ0) is 10.9. The molecule has 2 aliphatic rings. The molecule has 2 aliphatic heterocycles. The minimum atomic E-state index is -0.303. The Morgan fingerprint density at radius 1 is 1.67 bits per heavy atom. The van der Waals surface area contributed by atoms with Gasteiger partial charge in [-0.25, -0.2) is 0 Å². The van der Waals surface area contributed by atoms with Gasteiger partial charge in [-0.05, 0) is 12.8 Å². The standard InChI is InChI=1S/C10H18N2O3/c11-6-9(14)12-3-2-10(7-12)5-8(13)1-4-15-10/h8,13H,1-7,11H2/t8-,10+/m1/s1. The first-order valence-electron chi connectivity index (χ1n) is 5.45. The first-order valence-corrected chi connectivity index (χ1v) is 5.45. The molecule has 2 atom stereocenters. The maximum atomic E-state index is 11.4. The number of hydrogen-bond donors (Lipinski definition) is 2. The largest absolute Gasteiger partial charge is 0.393 e. The number of likely N-dealkylation sites (tertiary alicyclic amines) is 1. The Bertz CT molecular complexity index is 259. The number of carbonyl (C=O) groups is 1. The Balaban J connectivity index is 1.98. The van der Waals surface area contributed by atoms with Gasteiger partial charge >= 0.3 is 0 Å². The van der Waals surface area contributed by atoms with Crippen LogP contribution in [0.2, 0.25) is 0 Å². The number of nitrogens with two attached hydrogens (primary N) is 1. The van der Waals surface area contributed by atoms with Crippen LogP contribution in [0.1, 0.15) is 19.3 Å². The Morgan fingerprint density at radius 3 is 3.13 bits per heavy atom. The molecular weight excluding hydrogens is 196 g/mol. The third-order valence-corrected chi connectivity index (χ3v) is 3.31. The van der Waals surface area contributed by atoms with Gasteiger partial charge in [0.25, 0.3) is 0 Å². The van der Waals surface area contributed by atoms with E-state index in [2.05, 4.69) is 0 Å². The first kappa shape index (κ1) is 10.9. The third-order valence-electron chi connectivity index (χ3n) is 3.31. The molecule has 0 saturated carbocycles. The van der Waals surface area contributed by atoms with E-state index in [-0.39, 0.29) is 24.2 Å². The second kappa shape index (κ2) is 4.08. The molecular formula is C10H18N2O3. The van der Waals surface area contributed by atoms with Gasteiger partial charge in [0.1, 0.15) is 0 Å². The number of aliphatic hydroxyl groups is 1. The minimum Gasteiger partial charge on any atom is -0.393 e. The molecule has 2 fully saturated rings. The van der Waals surface area contributed by atoms with Gasteiger partial charge in [0.2, 0.25) is 5.91 Å². The average Bonchev–Trinajstić information content (AvgIpc) is 2.60. The third kappa shape index (κ3) is 2.14. The summed E-state index contributed by atoms with van der Waals surface area (Å²) in [6.07, 6.45) is 1.87. The topological polar surface area (TPSA) is 75.8 Å². The van der Waals surface area contributed by atoms with Crippen LogP contribution in [0.15, 0.2) is 0 Å². The molecule has 1 spiro atoms. The summed E-state index contributed by atoms with van der Waals surface area (Å²) in [5.41, 5.74) is 5.01. The van der Waals surface area contributed by atoms with E-state index in [1.165, 1.54) is 0 Å². The summed E-state index contributed by atoms with van der Waals surface area (Å²) in [4.78, 5) is 13.1. The van der Waals surface area contributed by atoms with Gasteiger partial charge in [0.05, 0.1) is 18.2 Å². The summed E-state index contributed by atoms with van der Waals surface area (Å²) < 4.78 is 5.73. The summed E-state index contributed by atoms with van der Waals surface area (Å²) in [5.74, 6) is -0.0319. The number of amides is 1. The van der Waals surface area contributed by atoms with Crippen molar-refractivity contribution < 1.29 is 14.6 Å². The van der Waals surface area contributed by atoms with Gasteiger partial charge in [-0.3, -0.25) is 4.79 Å². The molecule has 1 amide bonds. The Kier molecular flexibility index (Phi) is 2.95. The molecule has 5 heteroatoms. The number of aliphatic hydroxyl groups excluding tert-OH is 1. The van der Waals surface area contributed by atoms with Crippen LogP contribution >= 0.6 is 0 Å². The number of carbonyl (C=O) groups excluding carboxylic acids is 1. The fourth-order valence-corrected chi connectivity index (χ4v) is 2.47. The predicted octanol–water partition coefficient (Wildman–Crippen LogP) is -0.912. The highest BCUT2D eigenvalue weighted by Gasteiger charge is 2.43. The molecule has 5 nitrogen and oxygen atoms in total. The van der Waals surface area contributed by atoms with Gasteiger partial charge in [0, 0.05) is 26.1 Å². The molecule has 0 aromatic heterocycles. The van der Waals surface area contributed by atoms with Crippen molar-refractivity contribution in [3.05, 3.63) is 0 Å². The van der Waals surface area contributed by atoms with E-state index in [1.54, 1.807) is 4.90 Å². The highest BCUT2D eigenvalue weighted by molar-refractivity contribution is 5.78. The van der Waals surface area contributed by atoms with Gasteiger partial charge in [-0.2, -0.15) is 0 Å². The van der Waals surface area contributed by atoms with Gasteiger partial charge < -0.3 is 20.5 Å². The first-order chi connectivity index (χ1) is 7.15. The second-order valence-corrected chi connectivity index (χ2v) is 4.45. The van der Waals surface area contributed by atoms with E-state index in [1.807, 2.05) is 0 Å². The highest BCUT2D eigenvalue weighted by Crippen LogP contribution is 2.34. The normalized spacial score (nSPS) is 36.1. The Morgan fingerprint density at radius 2 is 2.47 bits per heavy atom. The fourth-order valence-electron chi connectivity index (χ4n) is 2.47. The lowest BCUT2D eigenvalue weighted by Gasteiger charge is -2.36. The zero-order valence-electron chi connectivity index (χ0n) is 8.82. The van der Waals surface area contributed by atoms with Crippen molar-refractivity contribution in [3.63, 3.8) is 0 Å². The SMILES string of the molecule is NCC(=O)N1CC[C@]2(C[C@H](O)CCO2)C1. The predicted molar refractivity (Wildman–Crippen MR) is 54.2 cm³/mol. The van der Waals surface area contributed by atoms with E-state index >= 15 is 0 Å². The molecule has 0 aromatic rings. The summed E-state index contributed by atoms with van der Waals surface area (Å²) in [6, 6.07) is 0. The van der Waals surface area contributed by atoms with Crippen LogP contribution in [-0.4, -0.2) is 53.9 Å². The molecule has 86 valence electrons. The van der Waals surface area contributed by atoms with Crippen molar-refractivity contribution in [2.45, 2.75) is 31.0 Å². The smallest absolute Gasteiger partial charge is 0.236 e.